The molecule has 146 valence electrons. The third-order valence-corrected chi connectivity index (χ3v) is 4.43. The van der Waals surface area contributed by atoms with Crippen molar-refractivity contribution >= 4 is 5.91 Å². The number of aryl methyl sites for hydroxylation is 1. The van der Waals surface area contributed by atoms with Crippen molar-refractivity contribution in [2.75, 3.05) is 20.3 Å². The largest absolute Gasteiger partial charge is 0.497 e. The fourth-order valence-corrected chi connectivity index (χ4v) is 2.86. The zero-order chi connectivity index (χ0) is 19.6. The third kappa shape index (κ3) is 6.61. The lowest BCUT2D eigenvalue weighted by Gasteiger charge is -2.22. The summed E-state index contributed by atoms with van der Waals surface area (Å²) in [6, 6.07) is 15.6. The number of ether oxygens (including phenoxy) is 2. The molecule has 2 atom stereocenters. The number of hydrogen-bond donors (Lipinski definition) is 2. The van der Waals surface area contributed by atoms with E-state index in [4.69, 9.17) is 9.47 Å². The highest BCUT2D eigenvalue weighted by Gasteiger charge is 2.17. The van der Waals surface area contributed by atoms with Gasteiger partial charge in [0.2, 0.25) is 5.91 Å². The van der Waals surface area contributed by atoms with E-state index in [2.05, 4.69) is 17.6 Å². The Morgan fingerprint density at radius 1 is 1.11 bits per heavy atom. The van der Waals surface area contributed by atoms with Gasteiger partial charge in [-0.2, -0.15) is 0 Å². The molecule has 2 unspecified atom stereocenters. The minimum atomic E-state index is -0.295. The molecule has 0 aromatic heterocycles. The molecule has 2 aromatic rings. The Hall–Kier alpha value is -2.53. The minimum absolute atomic E-state index is 0.0326. The molecule has 0 aliphatic heterocycles. The van der Waals surface area contributed by atoms with E-state index in [1.165, 1.54) is 0 Å². The van der Waals surface area contributed by atoms with E-state index in [-0.39, 0.29) is 18.0 Å². The average Bonchev–Trinajstić information content (AvgIpc) is 2.69. The van der Waals surface area contributed by atoms with Crippen molar-refractivity contribution < 1.29 is 14.3 Å². The van der Waals surface area contributed by atoms with Gasteiger partial charge < -0.3 is 14.8 Å². The quantitative estimate of drug-likeness (QED) is 0.627. The number of methoxy groups -OCH3 is 1. The molecule has 5 nitrogen and oxygen atoms in total. The van der Waals surface area contributed by atoms with Crippen LogP contribution >= 0.6 is 0 Å². The van der Waals surface area contributed by atoms with Gasteiger partial charge in [0.15, 0.2) is 0 Å². The monoisotopic (exact) mass is 370 g/mol. The van der Waals surface area contributed by atoms with Crippen molar-refractivity contribution in [2.24, 2.45) is 0 Å². The van der Waals surface area contributed by atoms with Crippen LogP contribution in [0.2, 0.25) is 0 Å². The first kappa shape index (κ1) is 20.8. The average molecular weight is 370 g/mol. The maximum Gasteiger partial charge on any atom is 0.236 e. The van der Waals surface area contributed by atoms with Crippen LogP contribution in [-0.2, 0) is 4.79 Å². The fourth-order valence-electron chi connectivity index (χ4n) is 2.86. The highest BCUT2D eigenvalue weighted by atomic mass is 16.5. The van der Waals surface area contributed by atoms with Crippen LogP contribution in [-0.4, -0.2) is 32.2 Å². The van der Waals surface area contributed by atoms with Crippen LogP contribution in [0.25, 0.3) is 0 Å². The van der Waals surface area contributed by atoms with Gasteiger partial charge in [-0.15, -0.1) is 0 Å². The SMILES string of the molecule is CCC(NC(C)C(=O)NCCOc1cccc(C)c1)c1ccc(OC)cc1. The summed E-state index contributed by atoms with van der Waals surface area (Å²) in [5, 5.41) is 6.31. The second-order valence-electron chi connectivity index (χ2n) is 6.58. The first-order valence-electron chi connectivity index (χ1n) is 9.40. The standard InChI is InChI=1S/C22H30N2O3/c1-5-21(18-9-11-19(26-4)12-10-18)24-17(3)22(25)23-13-14-27-20-8-6-7-16(2)15-20/h6-12,15,17,21,24H,5,13-14H2,1-4H3,(H,23,25). The molecule has 0 spiro atoms. The van der Waals surface area contributed by atoms with Gasteiger partial charge in [-0.25, -0.2) is 0 Å². The van der Waals surface area contributed by atoms with Crippen LogP contribution in [0.15, 0.2) is 48.5 Å². The number of carbonyl (C=O) groups excluding carboxylic acids is 1. The number of hydrogen-bond acceptors (Lipinski definition) is 4. The molecule has 0 radical (unpaired) electrons. The van der Waals surface area contributed by atoms with E-state index < -0.39 is 0 Å². The van der Waals surface area contributed by atoms with Crippen molar-refractivity contribution in [3.05, 3.63) is 59.7 Å². The van der Waals surface area contributed by atoms with E-state index in [0.717, 1.165) is 29.0 Å². The molecule has 0 bridgehead atoms. The Labute approximate surface area is 162 Å². The summed E-state index contributed by atoms with van der Waals surface area (Å²) in [7, 11) is 1.65. The minimum Gasteiger partial charge on any atom is -0.497 e. The van der Waals surface area contributed by atoms with E-state index >= 15 is 0 Å². The summed E-state index contributed by atoms with van der Waals surface area (Å²) in [6.45, 7) is 6.91. The van der Waals surface area contributed by atoms with Crippen molar-refractivity contribution in [1.29, 1.82) is 0 Å². The normalized spacial score (nSPS) is 12.9. The Kier molecular flexibility index (Phi) is 8.14. The predicted octanol–water partition coefficient (Wildman–Crippen LogP) is 3.63. The second-order valence-corrected chi connectivity index (χ2v) is 6.58. The first-order chi connectivity index (χ1) is 13.0. The van der Waals surface area contributed by atoms with Crippen molar-refractivity contribution in [3.63, 3.8) is 0 Å². The Morgan fingerprint density at radius 2 is 1.85 bits per heavy atom. The summed E-state index contributed by atoms with van der Waals surface area (Å²) in [6.07, 6.45) is 0.889. The molecule has 0 fully saturated rings. The number of rotatable bonds is 10. The predicted molar refractivity (Wildman–Crippen MR) is 108 cm³/mol. The molecule has 2 N–H and O–H groups in total. The van der Waals surface area contributed by atoms with Crippen molar-refractivity contribution in [1.82, 2.24) is 10.6 Å². The number of benzene rings is 2. The third-order valence-electron chi connectivity index (χ3n) is 4.43. The Morgan fingerprint density at radius 3 is 2.48 bits per heavy atom. The van der Waals surface area contributed by atoms with Crippen LogP contribution < -0.4 is 20.1 Å². The van der Waals surface area contributed by atoms with Crippen LogP contribution in [0, 0.1) is 6.92 Å². The van der Waals surface area contributed by atoms with Gasteiger partial charge in [0, 0.05) is 6.04 Å². The molecule has 0 aliphatic carbocycles. The lowest BCUT2D eigenvalue weighted by molar-refractivity contribution is -0.123. The number of amides is 1. The highest BCUT2D eigenvalue weighted by molar-refractivity contribution is 5.81. The van der Waals surface area contributed by atoms with Gasteiger partial charge in [0.1, 0.15) is 18.1 Å². The van der Waals surface area contributed by atoms with E-state index in [1.807, 2.05) is 62.4 Å². The van der Waals surface area contributed by atoms with Crippen molar-refractivity contribution in [2.45, 2.75) is 39.3 Å². The van der Waals surface area contributed by atoms with Crippen LogP contribution in [0.3, 0.4) is 0 Å². The van der Waals surface area contributed by atoms with Crippen LogP contribution in [0.5, 0.6) is 11.5 Å². The number of carbonyl (C=O) groups is 1. The zero-order valence-corrected chi connectivity index (χ0v) is 16.6. The zero-order valence-electron chi connectivity index (χ0n) is 16.6. The smallest absolute Gasteiger partial charge is 0.236 e. The summed E-state index contributed by atoms with van der Waals surface area (Å²) in [5.74, 6) is 1.61. The molecule has 0 saturated carbocycles. The summed E-state index contributed by atoms with van der Waals surface area (Å²) in [4.78, 5) is 12.3. The topological polar surface area (TPSA) is 59.6 Å². The summed E-state index contributed by atoms with van der Waals surface area (Å²) < 4.78 is 10.9. The lowest BCUT2D eigenvalue weighted by atomic mass is 10.0. The Bertz CT molecular complexity index is 716. The molecule has 1 amide bonds. The van der Waals surface area contributed by atoms with Gasteiger partial charge in [0.25, 0.3) is 0 Å². The molecular formula is C22H30N2O3. The Balaban J connectivity index is 1.77. The highest BCUT2D eigenvalue weighted by Crippen LogP contribution is 2.20. The fraction of sp³-hybridized carbons (Fsp3) is 0.409. The summed E-state index contributed by atoms with van der Waals surface area (Å²) in [5.41, 5.74) is 2.29. The van der Waals surface area contributed by atoms with Gasteiger partial charge in [-0.1, -0.05) is 31.2 Å². The molecule has 5 heteroatoms. The second kappa shape index (κ2) is 10.6. The lowest BCUT2D eigenvalue weighted by Crippen LogP contribution is -2.44. The van der Waals surface area contributed by atoms with Crippen LogP contribution in [0.1, 0.15) is 37.4 Å². The summed E-state index contributed by atoms with van der Waals surface area (Å²) >= 11 is 0. The van der Waals surface area contributed by atoms with E-state index in [1.54, 1.807) is 7.11 Å². The first-order valence-corrected chi connectivity index (χ1v) is 9.40. The van der Waals surface area contributed by atoms with Gasteiger partial charge in [-0.3, -0.25) is 10.1 Å². The van der Waals surface area contributed by atoms with E-state index in [9.17, 15) is 4.79 Å². The molecule has 0 heterocycles. The van der Waals surface area contributed by atoms with Gasteiger partial charge in [-0.05, 0) is 55.7 Å². The molecule has 27 heavy (non-hydrogen) atoms. The van der Waals surface area contributed by atoms with Gasteiger partial charge >= 0.3 is 0 Å². The maximum absolute atomic E-state index is 12.3. The van der Waals surface area contributed by atoms with Crippen molar-refractivity contribution in [3.8, 4) is 11.5 Å². The molecule has 2 aromatic carbocycles. The molecule has 0 saturated heterocycles. The molecule has 0 aliphatic rings. The van der Waals surface area contributed by atoms with E-state index in [0.29, 0.717) is 13.2 Å². The molecule has 2 rings (SSSR count). The molecular weight excluding hydrogens is 340 g/mol. The van der Waals surface area contributed by atoms with Crippen LogP contribution in [0.4, 0.5) is 0 Å². The van der Waals surface area contributed by atoms with Gasteiger partial charge in [0.05, 0.1) is 19.7 Å². The maximum atomic E-state index is 12.3. The number of nitrogens with one attached hydrogen (secondary N) is 2.